The number of carbonyl (C=O) groups excluding carboxylic acids is 1. The molecule has 0 spiro atoms. The average Bonchev–Trinajstić information content (AvgIpc) is 3.32. The Bertz CT molecular complexity index is 978. The van der Waals surface area contributed by atoms with E-state index in [1.807, 2.05) is 12.1 Å². The third-order valence-corrected chi connectivity index (χ3v) is 4.94. The number of halogens is 3. The minimum atomic E-state index is -0.195. The predicted octanol–water partition coefficient (Wildman–Crippen LogP) is 5.39. The first kappa shape index (κ1) is 17.4. The Morgan fingerprint density at radius 3 is 2.38 bits per heavy atom. The monoisotopic (exact) mass is 405 g/mol. The summed E-state index contributed by atoms with van der Waals surface area (Å²) in [6.07, 6.45) is 2.02. The highest BCUT2D eigenvalue weighted by molar-refractivity contribution is 6.34. The van der Waals surface area contributed by atoms with E-state index in [2.05, 4.69) is 10.4 Å². The van der Waals surface area contributed by atoms with Gasteiger partial charge in [0.05, 0.1) is 16.4 Å². The molecule has 1 heterocycles. The number of hydrogen-bond acceptors (Lipinski definition) is 2. The summed E-state index contributed by atoms with van der Waals surface area (Å²) in [5, 5.41) is 9.10. The summed E-state index contributed by atoms with van der Waals surface area (Å²) in [5.41, 5.74) is 2.53. The smallest absolute Gasteiger partial charge is 0.272 e. The van der Waals surface area contributed by atoms with Crippen LogP contribution in [0, 0.1) is 0 Å². The number of benzene rings is 2. The van der Waals surface area contributed by atoms with Crippen LogP contribution in [0.3, 0.4) is 0 Å². The molecule has 1 fully saturated rings. The van der Waals surface area contributed by atoms with Crippen molar-refractivity contribution in [2.24, 2.45) is 0 Å². The second-order valence-corrected chi connectivity index (χ2v) is 7.46. The fourth-order valence-electron chi connectivity index (χ4n) is 2.64. The Labute approximate surface area is 165 Å². The largest absolute Gasteiger partial charge is 0.348 e. The van der Waals surface area contributed by atoms with Crippen molar-refractivity contribution in [1.82, 2.24) is 15.1 Å². The minimum absolute atomic E-state index is 0.195. The molecule has 7 heteroatoms. The average molecular weight is 407 g/mol. The maximum atomic E-state index is 12.5. The van der Waals surface area contributed by atoms with Crippen molar-refractivity contribution >= 4 is 40.7 Å². The zero-order valence-corrected chi connectivity index (χ0v) is 15.8. The molecule has 0 unspecified atom stereocenters. The second kappa shape index (κ2) is 6.95. The first-order valence-corrected chi connectivity index (χ1v) is 9.27. The van der Waals surface area contributed by atoms with Crippen LogP contribution in [0.1, 0.15) is 23.3 Å². The third-order valence-electron chi connectivity index (χ3n) is 4.13. The molecule has 0 saturated heterocycles. The first-order valence-electron chi connectivity index (χ1n) is 8.13. The Morgan fingerprint density at radius 1 is 1.00 bits per heavy atom. The fraction of sp³-hybridized carbons (Fsp3) is 0.158. The van der Waals surface area contributed by atoms with Gasteiger partial charge < -0.3 is 5.32 Å². The second-order valence-electron chi connectivity index (χ2n) is 6.18. The lowest BCUT2D eigenvalue weighted by atomic mass is 10.1. The van der Waals surface area contributed by atoms with E-state index in [4.69, 9.17) is 34.8 Å². The molecule has 2 aromatic carbocycles. The lowest BCUT2D eigenvalue weighted by molar-refractivity contribution is 0.0945. The van der Waals surface area contributed by atoms with Gasteiger partial charge in [-0.05, 0) is 49.2 Å². The van der Waals surface area contributed by atoms with Crippen LogP contribution >= 0.6 is 34.8 Å². The molecule has 1 amide bonds. The van der Waals surface area contributed by atoms with Crippen LogP contribution in [-0.4, -0.2) is 21.7 Å². The Balaban J connectivity index is 1.84. The molecular formula is C19H14Cl3N3O. The molecule has 0 radical (unpaired) electrons. The van der Waals surface area contributed by atoms with Gasteiger partial charge in [-0.2, -0.15) is 5.10 Å². The van der Waals surface area contributed by atoms with E-state index in [9.17, 15) is 4.79 Å². The Morgan fingerprint density at radius 2 is 1.69 bits per heavy atom. The maximum absolute atomic E-state index is 12.5. The molecule has 0 aliphatic heterocycles. The van der Waals surface area contributed by atoms with Gasteiger partial charge in [-0.25, -0.2) is 4.68 Å². The Kier molecular flexibility index (Phi) is 4.65. The molecule has 132 valence electrons. The normalized spacial score (nSPS) is 13.7. The Hall–Kier alpha value is -2.01. The third kappa shape index (κ3) is 3.58. The molecule has 26 heavy (non-hydrogen) atoms. The molecule has 0 bridgehead atoms. The quantitative estimate of drug-likeness (QED) is 0.631. The van der Waals surface area contributed by atoms with Gasteiger partial charge in [0.2, 0.25) is 0 Å². The summed E-state index contributed by atoms with van der Waals surface area (Å²) in [7, 11) is 0. The topological polar surface area (TPSA) is 46.9 Å². The molecule has 1 N–H and O–H groups in total. The lowest BCUT2D eigenvalue weighted by Gasteiger charge is -2.10. The zero-order valence-electron chi connectivity index (χ0n) is 13.5. The van der Waals surface area contributed by atoms with Crippen molar-refractivity contribution in [2.75, 3.05) is 0 Å². The zero-order chi connectivity index (χ0) is 18.3. The van der Waals surface area contributed by atoms with Gasteiger partial charge in [0.15, 0.2) is 5.69 Å². The molecular weight excluding hydrogens is 393 g/mol. The molecule has 4 rings (SSSR count). The van der Waals surface area contributed by atoms with Gasteiger partial charge in [-0.15, -0.1) is 0 Å². The molecule has 1 saturated carbocycles. The van der Waals surface area contributed by atoms with Crippen molar-refractivity contribution in [3.8, 4) is 16.9 Å². The van der Waals surface area contributed by atoms with Crippen LogP contribution in [0.5, 0.6) is 0 Å². The van der Waals surface area contributed by atoms with Crippen molar-refractivity contribution in [3.63, 3.8) is 0 Å². The van der Waals surface area contributed by atoms with Crippen LogP contribution in [0.4, 0.5) is 0 Å². The van der Waals surface area contributed by atoms with Crippen molar-refractivity contribution in [2.45, 2.75) is 18.9 Å². The number of hydrogen-bond donors (Lipinski definition) is 1. The summed E-state index contributed by atoms with van der Waals surface area (Å²) in [4.78, 5) is 12.5. The predicted molar refractivity (Wildman–Crippen MR) is 105 cm³/mol. The van der Waals surface area contributed by atoms with Gasteiger partial charge in [0.1, 0.15) is 0 Å². The highest BCUT2D eigenvalue weighted by Gasteiger charge is 2.26. The molecule has 1 aliphatic carbocycles. The van der Waals surface area contributed by atoms with Crippen molar-refractivity contribution in [1.29, 1.82) is 0 Å². The standard InChI is InChI=1S/C19H14Cl3N3O/c20-12-3-1-11(2-4-12)17-10-16(19(26)23-14-6-7-14)24-25(17)18-9-13(21)5-8-15(18)22/h1-5,8-10,14H,6-7H2,(H,23,26). The van der Waals surface area contributed by atoms with E-state index in [0.29, 0.717) is 26.4 Å². The van der Waals surface area contributed by atoms with Crippen molar-refractivity contribution in [3.05, 3.63) is 69.3 Å². The lowest BCUT2D eigenvalue weighted by Crippen LogP contribution is -2.25. The number of aromatic nitrogens is 2. The molecule has 1 aromatic heterocycles. The molecule has 1 aliphatic rings. The number of amides is 1. The number of nitrogens with one attached hydrogen (secondary N) is 1. The van der Waals surface area contributed by atoms with E-state index in [1.165, 1.54) is 0 Å². The fourth-order valence-corrected chi connectivity index (χ4v) is 3.13. The van der Waals surface area contributed by atoms with Gasteiger partial charge in [0, 0.05) is 21.7 Å². The van der Waals surface area contributed by atoms with Crippen LogP contribution in [0.15, 0.2) is 48.5 Å². The van der Waals surface area contributed by atoms with Gasteiger partial charge >= 0.3 is 0 Å². The summed E-state index contributed by atoms with van der Waals surface area (Å²) >= 11 is 18.5. The summed E-state index contributed by atoms with van der Waals surface area (Å²) in [6, 6.07) is 14.5. The van der Waals surface area contributed by atoms with E-state index in [0.717, 1.165) is 24.1 Å². The maximum Gasteiger partial charge on any atom is 0.272 e. The molecule has 0 atom stereocenters. The SMILES string of the molecule is O=C(NC1CC1)c1cc(-c2ccc(Cl)cc2)n(-c2cc(Cl)ccc2Cl)n1. The highest BCUT2D eigenvalue weighted by Crippen LogP contribution is 2.31. The van der Waals surface area contributed by atoms with E-state index < -0.39 is 0 Å². The van der Waals surface area contributed by atoms with Crippen LogP contribution in [0.2, 0.25) is 15.1 Å². The molecule has 4 nitrogen and oxygen atoms in total. The minimum Gasteiger partial charge on any atom is -0.348 e. The summed E-state index contributed by atoms with van der Waals surface area (Å²) < 4.78 is 1.64. The van der Waals surface area contributed by atoms with E-state index >= 15 is 0 Å². The highest BCUT2D eigenvalue weighted by atomic mass is 35.5. The summed E-state index contributed by atoms with van der Waals surface area (Å²) in [5.74, 6) is -0.195. The van der Waals surface area contributed by atoms with Gasteiger partial charge in [-0.3, -0.25) is 4.79 Å². The van der Waals surface area contributed by atoms with Crippen molar-refractivity contribution < 1.29 is 4.79 Å². The van der Waals surface area contributed by atoms with Crippen LogP contribution in [-0.2, 0) is 0 Å². The number of rotatable bonds is 4. The van der Waals surface area contributed by atoms with Gasteiger partial charge in [0.25, 0.3) is 5.91 Å². The molecule has 3 aromatic rings. The summed E-state index contributed by atoms with van der Waals surface area (Å²) in [6.45, 7) is 0. The first-order chi connectivity index (χ1) is 12.5. The number of carbonyl (C=O) groups is 1. The van der Waals surface area contributed by atoms with E-state index in [1.54, 1.807) is 41.1 Å². The van der Waals surface area contributed by atoms with Crippen LogP contribution in [0.25, 0.3) is 16.9 Å². The van der Waals surface area contributed by atoms with Gasteiger partial charge in [-0.1, -0.05) is 46.9 Å². The van der Waals surface area contributed by atoms with Crippen LogP contribution < -0.4 is 5.32 Å². The van der Waals surface area contributed by atoms with E-state index in [-0.39, 0.29) is 11.9 Å². The number of nitrogens with zero attached hydrogens (tertiary/aromatic N) is 2.